The van der Waals surface area contributed by atoms with E-state index in [1.54, 1.807) is 42.6 Å². The van der Waals surface area contributed by atoms with Crippen molar-refractivity contribution in [3.63, 3.8) is 0 Å². The van der Waals surface area contributed by atoms with Gasteiger partial charge in [0.15, 0.2) is 0 Å². The number of carbonyl (C=O) groups excluding carboxylic acids is 1. The number of benzene rings is 1. The number of hydrogen-bond acceptors (Lipinski definition) is 3. The van der Waals surface area contributed by atoms with Crippen molar-refractivity contribution in [1.29, 1.82) is 0 Å². The summed E-state index contributed by atoms with van der Waals surface area (Å²) in [5.74, 6) is 0.614. The molecule has 0 aliphatic carbocycles. The predicted molar refractivity (Wildman–Crippen MR) is 78.0 cm³/mol. The molecule has 1 aromatic heterocycles. The van der Waals surface area contributed by atoms with Crippen molar-refractivity contribution in [2.24, 2.45) is 0 Å². The van der Waals surface area contributed by atoms with Crippen LogP contribution in [-0.2, 0) is 0 Å². The van der Waals surface area contributed by atoms with Gasteiger partial charge in [-0.3, -0.25) is 4.79 Å². The molecule has 0 fully saturated rings. The smallest absolute Gasteiger partial charge is 0.257 e. The van der Waals surface area contributed by atoms with Gasteiger partial charge in [0.25, 0.3) is 5.91 Å². The van der Waals surface area contributed by atoms with Gasteiger partial charge in [-0.2, -0.15) is 0 Å². The molecule has 1 aromatic carbocycles. The summed E-state index contributed by atoms with van der Waals surface area (Å²) in [5.41, 5.74) is 1.21. The molecule has 98 valence electrons. The monoisotopic (exact) mass is 275 g/mol. The molecular weight excluding hydrogens is 262 g/mol. The predicted octanol–water partition coefficient (Wildman–Crippen LogP) is 3.05. The molecule has 0 atom stereocenters. The number of aromatic nitrogens is 1. The number of nitrogens with one attached hydrogen (secondary N) is 1. The van der Waals surface area contributed by atoms with Crippen molar-refractivity contribution in [2.75, 3.05) is 24.3 Å². The lowest BCUT2D eigenvalue weighted by atomic mass is 10.2. The molecule has 0 saturated carbocycles. The highest BCUT2D eigenvalue weighted by Crippen LogP contribution is 2.15. The van der Waals surface area contributed by atoms with Gasteiger partial charge in [-0.05, 0) is 36.4 Å². The number of carbonyl (C=O) groups is 1. The van der Waals surface area contributed by atoms with Gasteiger partial charge < -0.3 is 10.2 Å². The molecule has 4 nitrogen and oxygen atoms in total. The molecule has 2 aromatic rings. The van der Waals surface area contributed by atoms with Crippen LogP contribution < -0.4 is 10.2 Å². The molecule has 2 rings (SSSR count). The molecule has 1 N–H and O–H groups in total. The standard InChI is InChI=1S/C14H14ClN3O/c1-18(2)13-8-3-10(9-16-13)14(19)17-12-6-4-11(15)5-7-12/h3-9H,1-2H3,(H,17,19). The molecule has 19 heavy (non-hydrogen) atoms. The van der Waals surface area contributed by atoms with E-state index >= 15 is 0 Å². The minimum Gasteiger partial charge on any atom is -0.363 e. The second-order valence-corrected chi connectivity index (χ2v) is 4.70. The Bertz CT molecular complexity index is 564. The van der Waals surface area contributed by atoms with E-state index in [2.05, 4.69) is 10.3 Å². The quantitative estimate of drug-likeness (QED) is 0.936. The summed E-state index contributed by atoms with van der Waals surface area (Å²) in [6.07, 6.45) is 1.56. The number of amides is 1. The summed E-state index contributed by atoms with van der Waals surface area (Å²) < 4.78 is 0. The van der Waals surface area contributed by atoms with Gasteiger partial charge in [0.2, 0.25) is 0 Å². The Kier molecular flexibility index (Phi) is 4.02. The fourth-order valence-corrected chi connectivity index (χ4v) is 1.65. The van der Waals surface area contributed by atoms with Gasteiger partial charge in [-0.15, -0.1) is 0 Å². The van der Waals surface area contributed by atoms with Crippen LogP contribution in [0, 0.1) is 0 Å². The molecule has 0 spiro atoms. The van der Waals surface area contributed by atoms with E-state index in [1.165, 1.54) is 0 Å². The summed E-state index contributed by atoms with van der Waals surface area (Å²) in [6.45, 7) is 0. The maximum absolute atomic E-state index is 12.0. The lowest BCUT2D eigenvalue weighted by Gasteiger charge is -2.11. The van der Waals surface area contributed by atoms with Crippen LogP contribution >= 0.6 is 11.6 Å². The van der Waals surface area contributed by atoms with E-state index in [0.29, 0.717) is 16.3 Å². The third kappa shape index (κ3) is 3.45. The fourth-order valence-electron chi connectivity index (χ4n) is 1.52. The third-order valence-corrected chi connectivity index (χ3v) is 2.82. The maximum Gasteiger partial charge on any atom is 0.257 e. The van der Waals surface area contributed by atoms with Crippen LogP contribution in [0.1, 0.15) is 10.4 Å². The van der Waals surface area contributed by atoms with Crippen molar-refractivity contribution < 1.29 is 4.79 Å². The lowest BCUT2D eigenvalue weighted by Crippen LogP contribution is -2.14. The van der Waals surface area contributed by atoms with Gasteiger partial charge in [0.1, 0.15) is 5.82 Å². The van der Waals surface area contributed by atoms with Crippen LogP contribution in [-0.4, -0.2) is 25.0 Å². The van der Waals surface area contributed by atoms with Crippen molar-refractivity contribution in [3.05, 3.63) is 53.2 Å². The summed E-state index contributed by atoms with van der Waals surface area (Å²) in [7, 11) is 3.80. The van der Waals surface area contributed by atoms with Gasteiger partial charge >= 0.3 is 0 Å². The first-order valence-corrected chi connectivity index (χ1v) is 6.14. The Morgan fingerprint density at radius 3 is 2.37 bits per heavy atom. The van der Waals surface area contributed by atoms with Crippen molar-refractivity contribution in [3.8, 4) is 0 Å². The zero-order valence-corrected chi connectivity index (χ0v) is 11.5. The largest absolute Gasteiger partial charge is 0.363 e. The van der Waals surface area contributed by atoms with Crippen LogP contribution in [0.5, 0.6) is 0 Å². The molecule has 1 heterocycles. The zero-order chi connectivity index (χ0) is 13.8. The number of hydrogen-bond donors (Lipinski definition) is 1. The summed E-state index contributed by atoms with van der Waals surface area (Å²) in [6, 6.07) is 10.5. The number of rotatable bonds is 3. The molecule has 0 radical (unpaired) electrons. The number of pyridine rings is 1. The molecule has 5 heteroatoms. The van der Waals surface area contributed by atoms with Gasteiger partial charge in [-0.25, -0.2) is 4.98 Å². The van der Waals surface area contributed by atoms with Gasteiger partial charge in [0.05, 0.1) is 5.56 Å². The first kappa shape index (κ1) is 13.4. The number of nitrogens with zero attached hydrogens (tertiary/aromatic N) is 2. The van der Waals surface area contributed by atoms with E-state index in [-0.39, 0.29) is 5.91 Å². The summed E-state index contributed by atoms with van der Waals surface area (Å²) >= 11 is 5.78. The average molecular weight is 276 g/mol. The van der Waals surface area contributed by atoms with E-state index in [4.69, 9.17) is 11.6 Å². The Morgan fingerprint density at radius 1 is 1.16 bits per heavy atom. The molecule has 0 saturated heterocycles. The van der Waals surface area contributed by atoms with Crippen LogP contribution in [0.2, 0.25) is 5.02 Å². The Morgan fingerprint density at radius 2 is 1.84 bits per heavy atom. The summed E-state index contributed by atoms with van der Waals surface area (Å²) in [5, 5.41) is 3.42. The second kappa shape index (κ2) is 5.71. The molecule has 0 aliphatic heterocycles. The van der Waals surface area contributed by atoms with E-state index in [1.807, 2.05) is 19.0 Å². The first-order chi connectivity index (χ1) is 9.06. The molecule has 0 aliphatic rings. The van der Waals surface area contributed by atoms with Crippen molar-refractivity contribution >= 4 is 29.0 Å². The summed E-state index contributed by atoms with van der Waals surface area (Å²) in [4.78, 5) is 18.1. The minimum absolute atomic E-state index is 0.194. The highest BCUT2D eigenvalue weighted by Gasteiger charge is 2.07. The normalized spacial score (nSPS) is 10.1. The first-order valence-electron chi connectivity index (χ1n) is 5.76. The van der Waals surface area contributed by atoms with E-state index < -0.39 is 0 Å². The molecule has 0 unspecified atom stereocenters. The molecule has 0 bridgehead atoms. The van der Waals surface area contributed by atoms with E-state index in [9.17, 15) is 4.79 Å². The van der Waals surface area contributed by atoms with Crippen molar-refractivity contribution in [2.45, 2.75) is 0 Å². The van der Waals surface area contributed by atoms with E-state index in [0.717, 1.165) is 5.82 Å². The average Bonchev–Trinajstić information content (AvgIpc) is 2.41. The SMILES string of the molecule is CN(C)c1ccc(C(=O)Nc2ccc(Cl)cc2)cn1. The van der Waals surface area contributed by atoms with Crippen LogP contribution in [0.25, 0.3) is 0 Å². The van der Waals surface area contributed by atoms with Crippen molar-refractivity contribution in [1.82, 2.24) is 4.98 Å². The molecular formula is C14H14ClN3O. The van der Waals surface area contributed by atoms with Crippen LogP contribution in [0.15, 0.2) is 42.6 Å². The number of anilines is 2. The Hall–Kier alpha value is -2.07. The fraction of sp³-hybridized carbons (Fsp3) is 0.143. The number of halogens is 1. The Balaban J connectivity index is 2.09. The maximum atomic E-state index is 12.0. The highest BCUT2D eigenvalue weighted by molar-refractivity contribution is 6.30. The zero-order valence-electron chi connectivity index (χ0n) is 10.7. The highest BCUT2D eigenvalue weighted by atomic mass is 35.5. The topological polar surface area (TPSA) is 45.2 Å². The van der Waals surface area contributed by atoms with Gasteiger partial charge in [0, 0.05) is 31.0 Å². The lowest BCUT2D eigenvalue weighted by molar-refractivity contribution is 0.102. The second-order valence-electron chi connectivity index (χ2n) is 4.26. The van der Waals surface area contributed by atoms with Gasteiger partial charge in [-0.1, -0.05) is 11.6 Å². The van der Waals surface area contributed by atoms with Crippen LogP contribution in [0.3, 0.4) is 0 Å². The molecule has 1 amide bonds. The van der Waals surface area contributed by atoms with Crippen LogP contribution in [0.4, 0.5) is 11.5 Å². The Labute approximate surface area is 117 Å². The minimum atomic E-state index is -0.194. The third-order valence-electron chi connectivity index (χ3n) is 2.57.